The molecular weight excluding hydrogens is 346 g/mol. The second-order valence-electron chi connectivity index (χ2n) is 5.69. The van der Waals surface area contributed by atoms with Crippen molar-refractivity contribution in [3.63, 3.8) is 0 Å². The van der Waals surface area contributed by atoms with Crippen molar-refractivity contribution < 1.29 is 14.3 Å². The van der Waals surface area contributed by atoms with E-state index >= 15 is 0 Å². The van der Waals surface area contributed by atoms with Crippen LogP contribution in [-0.2, 0) is 4.74 Å². The molecular formula is C19H19N5O3. The summed E-state index contributed by atoms with van der Waals surface area (Å²) in [5.74, 6) is 1.13. The molecule has 138 valence electrons. The van der Waals surface area contributed by atoms with Gasteiger partial charge in [-0.25, -0.2) is 4.79 Å². The quantitative estimate of drug-likeness (QED) is 0.641. The van der Waals surface area contributed by atoms with E-state index in [1.165, 1.54) is 13.3 Å². The first kappa shape index (κ1) is 18.1. The maximum atomic E-state index is 11.5. The summed E-state index contributed by atoms with van der Waals surface area (Å²) in [5.41, 5.74) is 3.05. The summed E-state index contributed by atoms with van der Waals surface area (Å²) < 4.78 is 10.0. The van der Waals surface area contributed by atoms with Crippen LogP contribution in [0.15, 0.2) is 48.7 Å². The average molecular weight is 365 g/mol. The van der Waals surface area contributed by atoms with Gasteiger partial charge in [-0.15, -0.1) is 5.10 Å². The van der Waals surface area contributed by atoms with Gasteiger partial charge in [0.2, 0.25) is 5.95 Å². The predicted molar refractivity (Wildman–Crippen MR) is 102 cm³/mol. The van der Waals surface area contributed by atoms with Crippen molar-refractivity contribution in [2.24, 2.45) is 0 Å². The number of aryl methyl sites for hydroxylation is 1. The van der Waals surface area contributed by atoms with E-state index in [0.717, 1.165) is 16.9 Å². The van der Waals surface area contributed by atoms with Crippen LogP contribution >= 0.6 is 0 Å². The SMILES string of the molecule is COC(=O)c1ccc(Nc2cnnc(Nc3cc(C)ccc3OC)n2)cc1. The Morgan fingerprint density at radius 2 is 1.81 bits per heavy atom. The molecule has 2 N–H and O–H groups in total. The third-order valence-corrected chi connectivity index (χ3v) is 3.74. The molecule has 27 heavy (non-hydrogen) atoms. The number of carbonyl (C=O) groups excluding carboxylic acids is 1. The first-order valence-electron chi connectivity index (χ1n) is 8.16. The minimum absolute atomic E-state index is 0.329. The average Bonchev–Trinajstić information content (AvgIpc) is 2.68. The third kappa shape index (κ3) is 4.49. The minimum Gasteiger partial charge on any atom is -0.495 e. The number of nitrogens with one attached hydrogen (secondary N) is 2. The molecule has 8 nitrogen and oxygen atoms in total. The fourth-order valence-electron chi connectivity index (χ4n) is 2.41. The number of benzene rings is 2. The molecule has 8 heteroatoms. The van der Waals surface area contributed by atoms with Crippen LogP contribution in [0, 0.1) is 6.92 Å². The molecule has 3 aromatic rings. The van der Waals surface area contributed by atoms with Gasteiger partial charge < -0.3 is 20.1 Å². The van der Waals surface area contributed by atoms with Gasteiger partial charge in [-0.05, 0) is 48.9 Å². The van der Waals surface area contributed by atoms with E-state index < -0.39 is 0 Å². The van der Waals surface area contributed by atoms with Gasteiger partial charge in [-0.3, -0.25) is 0 Å². The third-order valence-electron chi connectivity index (χ3n) is 3.74. The lowest BCUT2D eigenvalue weighted by molar-refractivity contribution is 0.0601. The highest BCUT2D eigenvalue weighted by Gasteiger charge is 2.08. The van der Waals surface area contributed by atoms with Gasteiger partial charge in [-0.1, -0.05) is 6.07 Å². The molecule has 0 bridgehead atoms. The van der Waals surface area contributed by atoms with Crippen molar-refractivity contribution >= 4 is 29.1 Å². The Labute approximate surface area is 156 Å². The van der Waals surface area contributed by atoms with Gasteiger partial charge in [0, 0.05) is 5.69 Å². The lowest BCUT2D eigenvalue weighted by atomic mass is 10.2. The molecule has 0 saturated heterocycles. The number of esters is 1. The molecule has 0 fully saturated rings. The first-order chi connectivity index (χ1) is 13.1. The fourth-order valence-corrected chi connectivity index (χ4v) is 2.41. The Bertz CT molecular complexity index is 944. The normalized spacial score (nSPS) is 10.2. The maximum absolute atomic E-state index is 11.5. The van der Waals surface area contributed by atoms with Crippen LogP contribution in [0.4, 0.5) is 23.1 Å². The van der Waals surface area contributed by atoms with E-state index in [4.69, 9.17) is 4.74 Å². The molecule has 0 unspecified atom stereocenters. The number of rotatable bonds is 6. The number of hydrogen-bond donors (Lipinski definition) is 2. The van der Waals surface area contributed by atoms with Crippen molar-refractivity contribution in [1.29, 1.82) is 0 Å². The minimum atomic E-state index is -0.385. The zero-order valence-electron chi connectivity index (χ0n) is 15.2. The summed E-state index contributed by atoms with van der Waals surface area (Å²) in [7, 11) is 2.95. The van der Waals surface area contributed by atoms with Crippen LogP contribution < -0.4 is 15.4 Å². The zero-order chi connectivity index (χ0) is 19.2. The summed E-state index contributed by atoms with van der Waals surface area (Å²) in [6.45, 7) is 1.99. The summed E-state index contributed by atoms with van der Waals surface area (Å²) in [4.78, 5) is 15.9. The lowest BCUT2D eigenvalue weighted by Crippen LogP contribution is -2.04. The number of anilines is 4. The molecule has 1 heterocycles. The second kappa shape index (κ2) is 8.13. The van der Waals surface area contributed by atoms with Crippen LogP contribution in [0.3, 0.4) is 0 Å². The molecule has 0 spiro atoms. The standard InChI is InChI=1S/C19H19N5O3/c1-12-4-9-16(26-2)15(10-12)22-19-23-17(11-20-24-19)21-14-7-5-13(6-8-14)18(25)27-3/h4-11H,1-3H3,(H2,21,22,23,24). The first-order valence-corrected chi connectivity index (χ1v) is 8.16. The van der Waals surface area contributed by atoms with Gasteiger partial charge in [-0.2, -0.15) is 10.1 Å². The van der Waals surface area contributed by atoms with E-state index in [1.807, 2.05) is 25.1 Å². The highest BCUT2D eigenvalue weighted by atomic mass is 16.5. The Morgan fingerprint density at radius 3 is 2.52 bits per heavy atom. The van der Waals surface area contributed by atoms with Gasteiger partial charge >= 0.3 is 5.97 Å². The number of hydrogen-bond acceptors (Lipinski definition) is 8. The van der Waals surface area contributed by atoms with Gasteiger partial charge in [0.1, 0.15) is 5.75 Å². The molecule has 3 rings (SSSR count). The van der Waals surface area contributed by atoms with Crippen LogP contribution in [0.25, 0.3) is 0 Å². The Hall–Kier alpha value is -3.68. The van der Waals surface area contributed by atoms with Crippen molar-refractivity contribution in [2.75, 3.05) is 24.9 Å². The van der Waals surface area contributed by atoms with Gasteiger partial charge in [0.25, 0.3) is 0 Å². The number of aromatic nitrogens is 3. The summed E-state index contributed by atoms with van der Waals surface area (Å²) in [6.07, 6.45) is 1.51. The molecule has 0 amide bonds. The Balaban J connectivity index is 1.76. The summed E-state index contributed by atoms with van der Waals surface area (Å²) in [5, 5.41) is 14.2. The number of ether oxygens (including phenoxy) is 2. The largest absolute Gasteiger partial charge is 0.495 e. The Kier molecular flexibility index (Phi) is 5.46. The molecule has 0 aliphatic heterocycles. The lowest BCUT2D eigenvalue weighted by Gasteiger charge is -2.11. The molecule has 0 aliphatic carbocycles. The van der Waals surface area contributed by atoms with Gasteiger partial charge in [0.15, 0.2) is 5.82 Å². The number of carbonyl (C=O) groups is 1. The monoisotopic (exact) mass is 365 g/mol. The van der Waals surface area contributed by atoms with E-state index in [0.29, 0.717) is 23.1 Å². The number of nitrogens with zero attached hydrogens (tertiary/aromatic N) is 3. The molecule has 2 aromatic carbocycles. The van der Waals surface area contributed by atoms with Gasteiger partial charge in [0.05, 0.1) is 31.7 Å². The topological polar surface area (TPSA) is 98.3 Å². The number of methoxy groups -OCH3 is 2. The molecule has 0 aliphatic rings. The zero-order valence-corrected chi connectivity index (χ0v) is 15.2. The van der Waals surface area contributed by atoms with Crippen molar-refractivity contribution in [1.82, 2.24) is 15.2 Å². The van der Waals surface area contributed by atoms with Crippen molar-refractivity contribution in [3.8, 4) is 5.75 Å². The van der Waals surface area contributed by atoms with E-state index in [1.54, 1.807) is 31.4 Å². The molecule has 0 radical (unpaired) electrons. The highest BCUT2D eigenvalue weighted by molar-refractivity contribution is 5.89. The van der Waals surface area contributed by atoms with Crippen LogP contribution in [0.5, 0.6) is 5.75 Å². The van der Waals surface area contributed by atoms with E-state index in [9.17, 15) is 4.79 Å². The fraction of sp³-hybridized carbons (Fsp3) is 0.158. The van der Waals surface area contributed by atoms with Crippen LogP contribution in [-0.4, -0.2) is 35.4 Å². The maximum Gasteiger partial charge on any atom is 0.337 e. The Morgan fingerprint density at radius 1 is 1.04 bits per heavy atom. The second-order valence-corrected chi connectivity index (χ2v) is 5.69. The van der Waals surface area contributed by atoms with Crippen molar-refractivity contribution in [3.05, 3.63) is 59.8 Å². The molecule has 0 saturated carbocycles. The van der Waals surface area contributed by atoms with E-state index in [-0.39, 0.29) is 5.97 Å². The van der Waals surface area contributed by atoms with Crippen molar-refractivity contribution in [2.45, 2.75) is 6.92 Å². The summed E-state index contributed by atoms with van der Waals surface area (Å²) in [6, 6.07) is 12.6. The molecule has 0 atom stereocenters. The predicted octanol–water partition coefficient (Wildman–Crippen LogP) is 3.46. The molecule has 1 aromatic heterocycles. The smallest absolute Gasteiger partial charge is 0.337 e. The van der Waals surface area contributed by atoms with E-state index in [2.05, 4.69) is 30.6 Å². The van der Waals surface area contributed by atoms with Crippen LogP contribution in [0.1, 0.15) is 15.9 Å². The summed E-state index contributed by atoms with van der Waals surface area (Å²) >= 11 is 0. The highest BCUT2D eigenvalue weighted by Crippen LogP contribution is 2.27. The van der Waals surface area contributed by atoms with Crippen LogP contribution in [0.2, 0.25) is 0 Å².